The molecule has 0 unspecified atom stereocenters. The monoisotopic (exact) mass is 709 g/mol. The number of amides is 4. The minimum atomic E-state index is -0.388. The first kappa shape index (κ1) is 33.1. The Morgan fingerprint density at radius 1 is 0.755 bits per heavy atom. The summed E-state index contributed by atoms with van der Waals surface area (Å²) in [7, 11) is 0. The molecule has 3 saturated heterocycles. The number of H-pyrrole nitrogens is 1. The normalized spacial score (nSPS) is 18.6. The number of piperidine rings is 1. The Bertz CT molecular complexity index is 2180. The van der Waals surface area contributed by atoms with Gasteiger partial charge in [0, 0.05) is 129 Å². The first-order chi connectivity index (χ1) is 26.0. The molecule has 0 spiro atoms. The number of carbonyl (C=O) groups excluding carboxylic acids is 3. The zero-order valence-corrected chi connectivity index (χ0v) is 29.7. The molecule has 12 nitrogen and oxygen atoms in total. The lowest BCUT2D eigenvalue weighted by molar-refractivity contribution is -0.120. The van der Waals surface area contributed by atoms with Crippen molar-refractivity contribution in [1.82, 2.24) is 30.5 Å². The quantitative estimate of drug-likeness (QED) is 0.214. The first-order valence-corrected chi connectivity index (χ1v) is 18.7. The van der Waals surface area contributed by atoms with Gasteiger partial charge in [-0.05, 0) is 55.2 Å². The lowest BCUT2D eigenvalue weighted by atomic mass is 9.95. The molecule has 53 heavy (non-hydrogen) atoms. The number of aromatic nitrogens is 3. The number of urea groups is 1. The average Bonchev–Trinajstić information content (AvgIpc) is 3.65. The van der Waals surface area contributed by atoms with Crippen LogP contribution >= 0.6 is 0 Å². The number of benzene rings is 2. The summed E-state index contributed by atoms with van der Waals surface area (Å²) in [6.07, 6.45) is 8.83. The molecular formula is C41H43N9O3. The number of hydrogen-bond donors (Lipinski definition) is 3. The third-order valence-electron chi connectivity index (χ3n) is 11.4. The van der Waals surface area contributed by atoms with E-state index in [1.165, 1.54) is 5.69 Å². The highest BCUT2D eigenvalue weighted by atomic mass is 16.2. The van der Waals surface area contributed by atoms with Gasteiger partial charge in [-0.25, -0.2) is 4.79 Å². The largest absolute Gasteiger partial charge is 0.371 e. The summed E-state index contributed by atoms with van der Waals surface area (Å²) in [5, 5.41) is 7.36. The van der Waals surface area contributed by atoms with E-state index in [0.717, 1.165) is 121 Å². The number of piperazine rings is 1. The molecule has 2 aromatic carbocycles. The molecule has 3 aromatic heterocycles. The molecule has 0 aliphatic carbocycles. The number of nitrogens with one attached hydrogen (secondary N) is 3. The van der Waals surface area contributed by atoms with Gasteiger partial charge in [0.05, 0.1) is 23.1 Å². The summed E-state index contributed by atoms with van der Waals surface area (Å²) in [5.74, 6) is 0.408. The van der Waals surface area contributed by atoms with Crippen LogP contribution < -0.4 is 25.3 Å². The van der Waals surface area contributed by atoms with Crippen LogP contribution in [0.3, 0.4) is 0 Å². The molecule has 9 rings (SSSR count). The highest BCUT2D eigenvalue weighted by molar-refractivity contribution is 6.11. The van der Waals surface area contributed by atoms with E-state index in [4.69, 9.17) is 0 Å². The van der Waals surface area contributed by atoms with Crippen LogP contribution in [-0.4, -0.2) is 96.6 Å². The van der Waals surface area contributed by atoms with Crippen molar-refractivity contribution in [2.75, 3.05) is 73.6 Å². The average molecular weight is 710 g/mol. The number of anilines is 3. The van der Waals surface area contributed by atoms with Crippen molar-refractivity contribution in [3.05, 3.63) is 90.5 Å². The van der Waals surface area contributed by atoms with E-state index in [1.54, 1.807) is 11.1 Å². The van der Waals surface area contributed by atoms with Gasteiger partial charge in [-0.2, -0.15) is 0 Å². The van der Waals surface area contributed by atoms with Crippen molar-refractivity contribution < 1.29 is 14.4 Å². The van der Waals surface area contributed by atoms with Crippen molar-refractivity contribution in [2.45, 2.75) is 25.7 Å². The van der Waals surface area contributed by atoms with Gasteiger partial charge in [0.2, 0.25) is 5.91 Å². The Kier molecular flexibility index (Phi) is 8.75. The van der Waals surface area contributed by atoms with E-state index in [-0.39, 0.29) is 24.3 Å². The zero-order chi connectivity index (χ0) is 35.9. The molecule has 3 fully saturated rings. The fraction of sp³-hybridized carbons (Fsp3) is 0.341. The van der Waals surface area contributed by atoms with E-state index in [1.807, 2.05) is 30.6 Å². The van der Waals surface area contributed by atoms with Crippen LogP contribution in [0.1, 0.15) is 35.3 Å². The predicted molar refractivity (Wildman–Crippen MR) is 206 cm³/mol. The fourth-order valence-corrected chi connectivity index (χ4v) is 8.41. The number of nitrogens with zero attached hydrogens (tertiary/aromatic N) is 6. The molecule has 0 radical (unpaired) electrons. The van der Waals surface area contributed by atoms with Crippen LogP contribution in [0.5, 0.6) is 0 Å². The Balaban J connectivity index is 0.784. The fourth-order valence-electron chi connectivity index (χ4n) is 8.41. The van der Waals surface area contributed by atoms with Crippen LogP contribution in [-0.2, 0) is 11.2 Å². The van der Waals surface area contributed by atoms with E-state index >= 15 is 0 Å². The Labute approximate surface area is 308 Å². The van der Waals surface area contributed by atoms with Gasteiger partial charge in [-0.1, -0.05) is 24.3 Å². The third-order valence-corrected chi connectivity index (χ3v) is 11.4. The second kappa shape index (κ2) is 14.0. The lowest BCUT2D eigenvalue weighted by Crippen LogP contribution is -2.49. The second-order valence-corrected chi connectivity index (χ2v) is 14.6. The highest BCUT2D eigenvalue weighted by Crippen LogP contribution is 2.35. The Morgan fingerprint density at radius 3 is 2.38 bits per heavy atom. The number of fused-ring (bicyclic) bond motifs is 2. The van der Waals surface area contributed by atoms with Crippen LogP contribution in [0.25, 0.3) is 33.3 Å². The molecule has 5 aromatic rings. The number of hydrogen-bond acceptors (Lipinski definition) is 8. The van der Waals surface area contributed by atoms with E-state index in [9.17, 15) is 14.4 Å². The second-order valence-electron chi connectivity index (χ2n) is 14.6. The van der Waals surface area contributed by atoms with Crippen molar-refractivity contribution in [3.8, 4) is 22.5 Å². The summed E-state index contributed by atoms with van der Waals surface area (Å²) >= 11 is 0. The Hall–Kier alpha value is -5.75. The predicted octanol–water partition coefficient (Wildman–Crippen LogP) is 5.06. The van der Waals surface area contributed by atoms with Gasteiger partial charge in [0.25, 0.3) is 5.91 Å². The lowest BCUT2D eigenvalue weighted by Gasteiger charge is -2.40. The summed E-state index contributed by atoms with van der Waals surface area (Å²) < 4.78 is 0. The van der Waals surface area contributed by atoms with Crippen LogP contribution in [0.2, 0.25) is 0 Å². The molecular weight excluding hydrogens is 667 g/mol. The number of rotatable bonds is 7. The smallest absolute Gasteiger partial charge is 0.328 e. The summed E-state index contributed by atoms with van der Waals surface area (Å²) in [5.41, 5.74) is 8.81. The van der Waals surface area contributed by atoms with Gasteiger partial charge >= 0.3 is 6.03 Å². The van der Waals surface area contributed by atoms with Crippen molar-refractivity contribution in [3.63, 3.8) is 0 Å². The van der Waals surface area contributed by atoms with Gasteiger partial charge in [0.1, 0.15) is 0 Å². The van der Waals surface area contributed by atoms with E-state index in [2.05, 4.69) is 82.7 Å². The van der Waals surface area contributed by atoms with Crippen molar-refractivity contribution in [2.24, 2.45) is 5.92 Å². The standard InChI is InChI=1S/C41H43N9O3/c51-39-12-17-50(41(53)46-39)38-25-42-24-33-31(38)2-1-3-37(33)49-15-10-27(11-16-49)26-47-18-20-48(21-19-47)30-6-4-28(5-7-30)35-22-29(8-13-43-35)36-23-32-34(45-36)9-14-44-40(32)52/h1-8,13,22-25,27,45H,9-12,14-21,26H2,(H,44,52)(H,46,51,53). The van der Waals surface area contributed by atoms with Crippen molar-refractivity contribution in [1.29, 1.82) is 0 Å². The molecule has 4 aliphatic rings. The molecule has 4 aliphatic heterocycles. The number of carbonyl (C=O) groups is 3. The van der Waals surface area contributed by atoms with Gasteiger partial charge in [0.15, 0.2) is 0 Å². The molecule has 270 valence electrons. The first-order valence-electron chi connectivity index (χ1n) is 18.7. The minimum Gasteiger partial charge on any atom is -0.371 e. The summed E-state index contributed by atoms with van der Waals surface area (Å²) in [6.45, 7) is 8.24. The summed E-state index contributed by atoms with van der Waals surface area (Å²) in [6, 6.07) is 20.6. The molecule has 0 saturated carbocycles. The van der Waals surface area contributed by atoms with Crippen LogP contribution in [0, 0.1) is 5.92 Å². The maximum Gasteiger partial charge on any atom is 0.328 e. The van der Waals surface area contributed by atoms with Crippen LogP contribution in [0.15, 0.2) is 79.3 Å². The minimum absolute atomic E-state index is 0.0137. The SMILES string of the molecule is O=C1CCN(c2cncc3c(N4CCC(CN5CCN(c6ccc(-c7cc(-c8cc9c([nH]8)CCNC9=O)ccn7)cc6)CC5)CC4)cccc23)C(=O)N1. The summed E-state index contributed by atoms with van der Waals surface area (Å²) in [4.78, 5) is 58.4. The molecule has 0 bridgehead atoms. The van der Waals surface area contributed by atoms with E-state index in [0.29, 0.717) is 19.0 Å². The van der Waals surface area contributed by atoms with Gasteiger partial charge in [-0.15, -0.1) is 0 Å². The molecule has 7 heterocycles. The maximum atomic E-state index is 12.6. The number of aromatic amines is 1. The third kappa shape index (κ3) is 6.59. The molecule has 4 amide bonds. The molecule has 12 heteroatoms. The zero-order valence-electron chi connectivity index (χ0n) is 29.7. The maximum absolute atomic E-state index is 12.6. The Morgan fingerprint density at radius 2 is 1.58 bits per heavy atom. The van der Waals surface area contributed by atoms with Crippen molar-refractivity contribution >= 4 is 45.7 Å². The van der Waals surface area contributed by atoms with Gasteiger partial charge in [-0.3, -0.25) is 34.7 Å². The van der Waals surface area contributed by atoms with E-state index < -0.39 is 0 Å². The topological polar surface area (TPSA) is 130 Å². The number of imide groups is 1. The molecule has 3 N–H and O–H groups in total. The molecule has 0 atom stereocenters. The van der Waals surface area contributed by atoms with Crippen LogP contribution in [0.4, 0.5) is 21.9 Å². The number of pyridine rings is 2. The van der Waals surface area contributed by atoms with Gasteiger partial charge < -0.3 is 20.1 Å². The highest BCUT2D eigenvalue weighted by Gasteiger charge is 2.28.